The Kier molecular flexibility index (Phi) is 4.04. The first-order valence-electron chi connectivity index (χ1n) is 3.73. The predicted molar refractivity (Wildman–Crippen MR) is 55.2 cm³/mol. The Morgan fingerprint density at radius 3 is 1.43 bits per heavy atom. The standard InChI is InChI=1S/C7H13NO4S2/c1-5-13(9,10)8(7(3)4)14(11,12)6-2/h5-7H,1-2H2,3-4H3. The van der Waals surface area contributed by atoms with Crippen LogP contribution in [-0.2, 0) is 20.0 Å². The lowest BCUT2D eigenvalue weighted by atomic mass is 10.4. The van der Waals surface area contributed by atoms with Gasteiger partial charge in [-0.3, -0.25) is 0 Å². The second-order valence-corrected chi connectivity index (χ2v) is 6.49. The van der Waals surface area contributed by atoms with Gasteiger partial charge in [-0.25, -0.2) is 16.8 Å². The molecule has 0 rings (SSSR count). The monoisotopic (exact) mass is 239 g/mol. The Balaban J connectivity index is 5.65. The van der Waals surface area contributed by atoms with Crippen molar-refractivity contribution >= 4 is 20.0 Å². The number of rotatable bonds is 5. The fourth-order valence-corrected chi connectivity index (χ4v) is 3.87. The lowest BCUT2D eigenvalue weighted by molar-refractivity contribution is 0.468. The molecule has 0 N–H and O–H groups in total. The third-order valence-corrected chi connectivity index (χ3v) is 5.28. The average Bonchev–Trinajstić information content (AvgIpc) is 2.02. The molecule has 7 heteroatoms. The van der Waals surface area contributed by atoms with Gasteiger partial charge in [0.15, 0.2) is 0 Å². The van der Waals surface area contributed by atoms with Gasteiger partial charge in [-0.1, -0.05) is 16.9 Å². The van der Waals surface area contributed by atoms with Crippen LogP contribution in [0.5, 0.6) is 0 Å². The number of nitrogens with zero attached hydrogens (tertiary/aromatic N) is 1. The molecule has 0 aliphatic heterocycles. The minimum atomic E-state index is -3.99. The van der Waals surface area contributed by atoms with Crippen LogP contribution in [0.25, 0.3) is 0 Å². The third-order valence-electron chi connectivity index (χ3n) is 1.34. The summed E-state index contributed by atoms with van der Waals surface area (Å²) in [4.78, 5) is 0. The van der Waals surface area contributed by atoms with Crippen molar-refractivity contribution in [3.8, 4) is 0 Å². The summed E-state index contributed by atoms with van der Waals surface area (Å²) in [7, 11) is -7.98. The Hall–Kier alpha value is -0.660. The van der Waals surface area contributed by atoms with Crippen molar-refractivity contribution in [2.45, 2.75) is 19.9 Å². The van der Waals surface area contributed by atoms with E-state index in [0.29, 0.717) is 14.5 Å². The summed E-state index contributed by atoms with van der Waals surface area (Å²) in [5.74, 6) is 0. The van der Waals surface area contributed by atoms with Crippen LogP contribution in [0.15, 0.2) is 24.0 Å². The lowest BCUT2D eigenvalue weighted by Crippen LogP contribution is -2.39. The first kappa shape index (κ1) is 13.3. The van der Waals surface area contributed by atoms with E-state index in [1.807, 2.05) is 0 Å². The first-order chi connectivity index (χ1) is 6.19. The summed E-state index contributed by atoms with van der Waals surface area (Å²) in [5, 5.41) is 1.18. The molecular formula is C7H13NO4S2. The minimum absolute atomic E-state index is 0.361. The molecule has 0 aliphatic rings. The molecule has 0 atom stereocenters. The fourth-order valence-electron chi connectivity index (χ4n) is 0.879. The maximum atomic E-state index is 11.3. The third kappa shape index (κ3) is 2.66. The molecule has 0 bridgehead atoms. The highest BCUT2D eigenvalue weighted by Crippen LogP contribution is 2.15. The van der Waals surface area contributed by atoms with Gasteiger partial charge in [0.1, 0.15) is 0 Å². The van der Waals surface area contributed by atoms with Gasteiger partial charge in [-0.05, 0) is 13.8 Å². The molecule has 0 fully saturated rings. The molecule has 0 aliphatic carbocycles. The maximum Gasteiger partial charge on any atom is 0.249 e. The van der Waals surface area contributed by atoms with Crippen molar-refractivity contribution in [3.63, 3.8) is 0 Å². The van der Waals surface area contributed by atoms with E-state index in [-0.39, 0.29) is 0 Å². The average molecular weight is 239 g/mol. The van der Waals surface area contributed by atoms with E-state index < -0.39 is 26.1 Å². The second kappa shape index (κ2) is 4.24. The van der Waals surface area contributed by atoms with Crippen molar-refractivity contribution < 1.29 is 16.8 Å². The Morgan fingerprint density at radius 2 is 1.29 bits per heavy atom. The highest BCUT2D eigenvalue weighted by atomic mass is 32.3. The molecule has 0 amide bonds. The van der Waals surface area contributed by atoms with Gasteiger partial charge in [0.25, 0.3) is 0 Å². The van der Waals surface area contributed by atoms with Crippen LogP contribution >= 0.6 is 0 Å². The largest absolute Gasteiger partial charge is 0.249 e. The number of sulfonamides is 2. The van der Waals surface area contributed by atoms with Gasteiger partial charge < -0.3 is 0 Å². The molecule has 0 saturated carbocycles. The summed E-state index contributed by atoms with van der Waals surface area (Å²) < 4.78 is 45.7. The van der Waals surface area contributed by atoms with E-state index >= 15 is 0 Å². The molecular weight excluding hydrogens is 226 g/mol. The zero-order chi connectivity index (χ0) is 11.6. The van der Waals surface area contributed by atoms with Crippen molar-refractivity contribution in [2.24, 2.45) is 0 Å². The highest BCUT2D eigenvalue weighted by molar-refractivity contribution is 8.06. The summed E-state index contributed by atoms with van der Waals surface area (Å²) in [5.41, 5.74) is 0. The molecule has 14 heavy (non-hydrogen) atoms. The van der Waals surface area contributed by atoms with Crippen LogP contribution < -0.4 is 0 Å². The van der Waals surface area contributed by atoms with E-state index in [9.17, 15) is 16.8 Å². The van der Waals surface area contributed by atoms with Gasteiger partial charge in [-0.2, -0.15) is 0 Å². The Morgan fingerprint density at radius 1 is 1.00 bits per heavy atom. The molecule has 0 heterocycles. The molecule has 0 saturated heterocycles. The lowest BCUT2D eigenvalue weighted by Gasteiger charge is -2.21. The molecule has 0 aromatic carbocycles. The van der Waals surface area contributed by atoms with Gasteiger partial charge in [-0.15, -0.1) is 0 Å². The fraction of sp³-hybridized carbons (Fsp3) is 0.429. The van der Waals surface area contributed by atoms with Crippen LogP contribution in [0.2, 0.25) is 0 Å². The SMILES string of the molecule is C=CS(=O)(=O)N(C(C)C)S(=O)(=O)C=C. The minimum Gasteiger partial charge on any atom is -0.207 e. The van der Waals surface area contributed by atoms with E-state index in [4.69, 9.17) is 0 Å². The van der Waals surface area contributed by atoms with Crippen molar-refractivity contribution in [2.75, 3.05) is 0 Å². The van der Waals surface area contributed by atoms with Crippen LogP contribution in [-0.4, -0.2) is 26.6 Å². The van der Waals surface area contributed by atoms with Gasteiger partial charge >= 0.3 is 0 Å². The summed E-state index contributed by atoms with van der Waals surface area (Å²) in [6.45, 7) is 9.00. The quantitative estimate of drug-likeness (QED) is 0.706. The summed E-state index contributed by atoms with van der Waals surface area (Å²) in [6.07, 6.45) is 0. The summed E-state index contributed by atoms with van der Waals surface area (Å²) >= 11 is 0. The molecule has 0 radical (unpaired) electrons. The van der Waals surface area contributed by atoms with E-state index in [1.165, 1.54) is 13.8 Å². The predicted octanol–water partition coefficient (Wildman–Crippen LogP) is 0.643. The van der Waals surface area contributed by atoms with Gasteiger partial charge in [0.2, 0.25) is 20.0 Å². The van der Waals surface area contributed by atoms with E-state index in [1.54, 1.807) is 0 Å². The van der Waals surface area contributed by atoms with Crippen molar-refractivity contribution in [3.05, 3.63) is 24.0 Å². The van der Waals surface area contributed by atoms with Gasteiger partial charge in [0.05, 0.1) is 0 Å². The van der Waals surface area contributed by atoms with Gasteiger partial charge in [0, 0.05) is 16.9 Å². The zero-order valence-electron chi connectivity index (χ0n) is 8.04. The topological polar surface area (TPSA) is 71.5 Å². The van der Waals surface area contributed by atoms with Crippen molar-refractivity contribution in [1.29, 1.82) is 0 Å². The second-order valence-electron chi connectivity index (χ2n) is 2.74. The molecule has 5 nitrogen and oxygen atoms in total. The molecule has 0 aromatic heterocycles. The number of hydrogen-bond donors (Lipinski definition) is 0. The normalized spacial score (nSPS) is 13.1. The highest BCUT2D eigenvalue weighted by Gasteiger charge is 2.32. The van der Waals surface area contributed by atoms with Crippen LogP contribution in [0, 0.1) is 0 Å². The molecule has 0 unspecified atom stereocenters. The smallest absolute Gasteiger partial charge is 0.207 e. The maximum absolute atomic E-state index is 11.3. The zero-order valence-corrected chi connectivity index (χ0v) is 9.68. The first-order valence-corrected chi connectivity index (χ1v) is 6.74. The molecule has 82 valence electrons. The number of hydrogen-bond acceptors (Lipinski definition) is 4. The van der Waals surface area contributed by atoms with E-state index in [2.05, 4.69) is 13.2 Å². The Bertz CT molecular complexity index is 381. The van der Waals surface area contributed by atoms with Crippen LogP contribution in [0.1, 0.15) is 13.8 Å². The summed E-state index contributed by atoms with van der Waals surface area (Å²) in [6, 6.07) is -0.707. The van der Waals surface area contributed by atoms with E-state index in [0.717, 1.165) is 0 Å². The van der Waals surface area contributed by atoms with Crippen LogP contribution in [0.4, 0.5) is 0 Å². The van der Waals surface area contributed by atoms with Crippen LogP contribution in [0.3, 0.4) is 0 Å². The molecule has 0 spiro atoms. The van der Waals surface area contributed by atoms with Crippen molar-refractivity contribution in [1.82, 2.24) is 3.71 Å². The molecule has 0 aromatic rings. The Labute approximate surface area is 84.8 Å².